The number of carbonyl (C=O) groups excluding carboxylic acids is 2. The highest BCUT2D eigenvalue weighted by atomic mass is 16.5. The predicted molar refractivity (Wildman–Crippen MR) is 87.2 cm³/mol. The maximum absolute atomic E-state index is 12.6. The van der Waals surface area contributed by atoms with E-state index in [1.54, 1.807) is 25.5 Å². The minimum absolute atomic E-state index is 0.126. The number of amides is 1. The van der Waals surface area contributed by atoms with Crippen molar-refractivity contribution >= 4 is 11.7 Å². The van der Waals surface area contributed by atoms with Crippen molar-refractivity contribution in [1.29, 1.82) is 5.26 Å². The molecule has 1 aromatic heterocycles. The molecule has 0 radical (unpaired) electrons. The van der Waals surface area contributed by atoms with Gasteiger partial charge in [0.2, 0.25) is 5.91 Å². The van der Waals surface area contributed by atoms with Gasteiger partial charge in [0.1, 0.15) is 0 Å². The lowest BCUT2D eigenvalue weighted by Crippen LogP contribution is -2.38. The molecule has 1 aliphatic heterocycles. The Morgan fingerprint density at radius 1 is 1.46 bits per heavy atom. The van der Waals surface area contributed by atoms with Gasteiger partial charge in [-0.1, -0.05) is 0 Å². The van der Waals surface area contributed by atoms with Gasteiger partial charge in [-0.25, -0.2) is 0 Å². The topological polar surface area (TPSA) is 97.0 Å². The van der Waals surface area contributed by atoms with Crippen molar-refractivity contribution in [3.63, 3.8) is 0 Å². The Morgan fingerprint density at radius 2 is 2.12 bits per heavy atom. The Bertz CT molecular complexity index is 639. The minimum Gasteiger partial charge on any atom is -0.381 e. The van der Waals surface area contributed by atoms with E-state index in [2.05, 4.69) is 10.4 Å². The second-order valence-corrected chi connectivity index (χ2v) is 6.47. The van der Waals surface area contributed by atoms with E-state index < -0.39 is 17.6 Å². The molecule has 1 fully saturated rings. The summed E-state index contributed by atoms with van der Waals surface area (Å²) in [5.74, 6) is -1.93. The van der Waals surface area contributed by atoms with Crippen LogP contribution < -0.4 is 5.32 Å². The van der Waals surface area contributed by atoms with Crippen molar-refractivity contribution in [1.82, 2.24) is 15.1 Å². The van der Waals surface area contributed by atoms with Crippen molar-refractivity contribution in [3.8, 4) is 6.07 Å². The molecule has 0 aliphatic carbocycles. The zero-order chi connectivity index (χ0) is 17.7. The molecule has 0 spiro atoms. The molecule has 2 heterocycles. The number of nitrogens with one attached hydrogen (secondary N) is 1. The lowest BCUT2D eigenvalue weighted by Gasteiger charge is -2.22. The van der Waals surface area contributed by atoms with E-state index in [-0.39, 0.29) is 6.04 Å². The first-order valence-electron chi connectivity index (χ1n) is 8.28. The summed E-state index contributed by atoms with van der Waals surface area (Å²) in [6, 6.07) is 1.68. The van der Waals surface area contributed by atoms with Gasteiger partial charge in [0.25, 0.3) is 0 Å². The van der Waals surface area contributed by atoms with E-state index in [4.69, 9.17) is 4.74 Å². The lowest BCUT2D eigenvalue weighted by molar-refractivity contribution is -0.122. The molecule has 0 unspecified atom stereocenters. The molecule has 0 bridgehead atoms. The normalized spacial score (nSPS) is 16.6. The first kappa shape index (κ1) is 18.1. The number of rotatable bonds is 6. The highest BCUT2D eigenvalue weighted by molar-refractivity contribution is 6.12. The van der Waals surface area contributed by atoms with Crippen LogP contribution in [0.5, 0.6) is 0 Å². The van der Waals surface area contributed by atoms with Crippen LogP contribution in [-0.2, 0) is 16.1 Å². The van der Waals surface area contributed by atoms with Crippen LogP contribution in [0.1, 0.15) is 42.7 Å². The molecule has 1 saturated heterocycles. The van der Waals surface area contributed by atoms with Crippen molar-refractivity contribution in [3.05, 3.63) is 17.5 Å². The zero-order valence-corrected chi connectivity index (χ0v) is 14.4. The lowest BCUT2D eigenvalue weighted by atomic mass is 9.97. The van der Waals surface area contributed by atoms with E-state index >= 15 is 0 Å². The van der Waals surface area contributed by atoms with E-state index in [0.717, 1.165) is 32.6 Å². The van der Waals surface area contributed by atoms with Crippen LogP contribution >= 0.6 is 0 Å². The van der Waals surface area contributed by atoms with Crippen LogP contribution in [0.25, 0.3) is 0 Å². The molecule has 1 N–H and O–H groups in total. The number of Topliss-reactive ketones (excluding diaryl/α,β-unsaturated/α-hetero) is 1. The maximum Gasteiger partial charge on any atom is 0.245 e. The van der Waals surface area contributed by atoms with Crippen molar-refractivity contribution < 1.29 is 14.3 Å². The zero-order valence-electron chi connectivity index (χ0n) is 14.4. The summed E-state index contributed by atoms with van der Waals surface area (Å²) in [6.45, 7) is 7.60. The summed E-state index contributed by atoms with van der Waals surface area (Å²) >= 11 is 0. The Hall–Kier alpha value is -2.20. The maximum atomic E-state index is 12.6. The third-order valence-corrected chi connectivity index (χ3v) is 4.23. The number of nitrogens with zero attached hydrogens (tertiary/aromatic N) is 3. The summed E-state index contributed by atoms with van der Waals surface area (Å²) < 4.78 is 7.14. The van der Waals surface area contributed by atoms with Crippen LogP contribution in [0.4, 0.5) is 0 Å². The molecule has 0 saturated carbocycles. The summed E-state index contributed by atoms with van der Waals surface area (Å²) in [6.07, 6.45) is 3.41. The number of hydrogen-bond acceptors (Lipinski definition) is 5. The molecule has 24 heavy (non-hydrogen) atoms. The van der Waals surface area contributed by atoms with Gasteiger partial charge in [-0.15, -0.1) is 0 Å². The van der Waals surface area contributed by atoms with E-state index in [1.165, 1.54) is 6.20 Å². The number of hydrogen-bond donors (Lipinski definition) is 1. The third kappa shape index (κ3) is 4.20. The summed E-state index contributed by atoms with van der Waals surface area (Å²) in [4.78, 5) is 24.6. The van der Waals surface area contributed by atoms with Gasteiger partial charge >= 0.3 is 0 Å². The van der Waals surface area contributed by atoms with Gasteiger partial charge in [0, 0.05) is 31.5 Å². The fourth-order valence-electron chi connectivity index (χ4n) is 2.81. The Balaban J connectivity index is 2.12. The number of nitriles is 1. The van der Waals surface area contributed by atoms with Gasteiger partial charge in [-0.05, 0) is 39.5 Å². The van der Waals surface area contributed by atoms with E-state index in [0.29, 0.717) is 17.2 Å². The highest BCUT2D eigenvalue weighted by Gasteiger charge is 2.30. The average molecular weight is 332 g/mol. The largest absolute Gasteiger partial charge is 0.381 e. The van der Waals surface area contributed by atoms with Crippen molar-refractivity contribution in [2.75, 3.05) is 13.2 Å². The summed E-state index contributed by atoms with van der Waals surface area (Å²) in [7, 11) is 0. The van der Waals surface area contributed by atoms with E-state index in [1.807, 2.05) is 6.07 Å². The second-order valence-electron chi connectivity index (χ2n) is 6.47. The molecule has 1 atom stereocenters. The fourth-order valence-corrected chi connectivity index (χ4v) is 2.81. The van der Waals surface area contributed by atoms with Gasteiger partial charge in [0.15, 0.2) is 11.7 Å². The minimum atomic E-state index is -1.34. The Labute approximate surface area is 142 Å². The van der Waals surface area contributed by atoms with Crippen LogP contribution in [0.15, 0.2) is 6.20 Å². The van der Waals surface area contributed by atoms with Gasteiger partial charge < -0.3 is 10.1 Å². The van der Waals surface area contributed by atoms with Crippen molar-refractivity contribution in [2.45, 2.75) is 46.2 Å². The Kier molecular flexibility index (Phi) is 6.10. The van der Waals surface area contributed by atoms with Crippen LogP contribution in [0.3, 0.4) is 0 Å². The van der Waals surface area contributed by atoms with Crippen LogP contribution in [-0.4, -0.2) is 40.7 Å². The Morgan fingerprint density at radius 3 is 2.71 bits per heavy atom. The molecule has 1 amide bonds. The average Bonchev–Trinajstić information content (AvgIpc) is 2.89. The quantitative estimate of drug-likeness (QED) is 0.628. The SMILES string of the molecule is Cc1c(C(=O)[C@@H](C#N)C(=O)NC(C)C)cnn1CC1CCOCC1. The first-order chi connectivity index (χ1) is 11.4. The molecule has 0 aromatic carbocycles. The molecule has 2 rings (SSSR count). The number of ether oxygens (including phenoxy) is 1. The highest BCUT2D eigenvalue weighted by Crippen LogP contribution is 2.20. The fraction of sp³-hybridized carbons (Fsp3) is 0.647. The van der Waals surface area contributed by atoms with Crippen LogP contribution in [0.2, 0.25) is 0 Å². The van der Waals surface area contributed by atoms with Gasteiger partial charge in [0.05, 0.1) is 17.8 Å². The molecule has 7 nitrogen and oxygen atoms in total. The molecule has 1 aliphatic rings. The monoisotopic (exact) mass is 332 g/mol. The summed E-state index contributed by atoms with van der Waals surface area (Å²) in [5, 5.41) is 16.1. The van der Waals surface area contributed by atoms with E-state index in [9.17, 15) is 14.9 Å². The standard InChI is InChI=1S/C17H24N4O3/c1-11(2)20-17(23)14(8-18)16(22)15-9-19-21(12(15)3)10-13-4-6-24-7-5-13/h9,11,13-14H,4-7,10H2,1-3H3,(H,20,23)/t14-/m1/s1. The second kappa shape index (κ2) is 8.06. The molecular formula is C17H24N4O3. The molecule has 130 valence electrons. The third-order valence-electron chi connectivity index (χ3n) is 4.23. The van der Waals surface area contributed by atoms with Crippen molar-refractivity contribution in [2.24, 2.45) is 11.8 Å². The predicted octanol–water partition coefficient (Wildman–Crippen LogP) is 1.47. The molecule has 1 aromatic rings. The smallest absolute Gasteiger partial charge is 0.245 e. The number of ketones is 1. The first-order valence-corrected chi connectivity index (χ1v) is 8.28. The van der Waals surface area contributed by atoms with Gasteiger partial charge in [-0.2, -0.15) is 10.4 Å². The van der Waals surface area contributed by atoms with Crippen LogP contribution in [0, 0.1) is 30.1 Å². The number of aromatic nitrogens is 2. The number of carbonyl (C=O) groups is 2. The van der Waals surface area contributed by atoms with Gasteiger partial charge in [-0.3, -0.25) is 14.3 Å². The summed E-state index contributed by atoms with van der Waals surface area (Å²) in [5.41, 5.74) is 1.04. The molecule has 7 heteroatoms. The molecular weight excluding hydrogens is 308 g/mol.